The minimum atomic E-state index is -0.820. The number of carbonyl (C=O) groups is 2. The van der Waals surface area contributed by atoms with Crippen LogP contribution in [0.4, 0.5) is 5.82 Å². The van der Waals surface area contributed by atoms with Crippen LogP contribution in [0, 0.1) is 5.92 Å². The van der Waals surface area contributed by atoms with E-state index in [2.05, 4.69) is 0 Å². The van der Waals surface area contributed by atoms with E-state index in [0.29, 0.717) is 16.3 Å². The van der Waals surface area contributed by atoms with Crippen LogP contribution < -0.4 is 17.0 Å². The van der Waals surface area contributed by atoms with Crippen LogP contribution in [0.15, 0.2) is 64.2 Å². The predicted molar refractivity (Wildman–Crippen MR) is 131 cm³/mol. The number of nitrogen functional groups attached to an aromatic ring is 1. The van der Waals surface area contributed by atoms with Gasteiger partial charge in [0, 0.05) is 13.6 Å². The van der Waals surface area contributed by atoms with E-state index in [9.17, 15) is 19.2 Å². The van der Waals surface area contributed by atoms with Gasteiger partial charge >= 0.3 is 11.7 Å². The molecule has 0 bridgehead atoms. The second-order valence-electron chi connectivity index (χ2n) is 8.60. The third kappa shape index (κ3) is 3.98. The summed E-state index contributed by atoms with van der Waals surface area (Å²) >= 11 is 0. The van der Waals surface area contributed by atoms with E-state index in [1.165, 1.54) is 11.6 Å². The second kappa shape index (κ2) is 8.97. The normalized spacial score (nSPS) is 11.3. The molecule has 0 spiro atoms. The molecule has 0 saturated heterocycles. The highest BCUT2D eigenvalue weighted by Crippen LogP contribution is 2.29. The fourth-order valence-corrected chi connectivity index (χ4v) is 4.10. The molecule has 2 N–H and O–H groups in total. The number of ether oxygens (including phenoxy) is 1. The van der Waals surface area contributed by atoms with Crippen molar-refractivity contribution < 1.29 is 14.3 Å². The molecule has 1 aromatic heterocycles. The second-order valence-corrected chi connectivity index (χ2v) is 8.60. The van der Waals surface area contributed by atoms with Crippen LogP contribution in [-0.4, -0.2) is 27.5 Å². The summed E-state index contributed by atoms with van der Waals surface area (Å²) in [5.41, 5.74) is 4.61. The van der Waals surface area contributed by atoms with E-state index in [0.717, 1.165) is 15.3 Å². The molecule has 4 rings (SSSR count). The quantitative estimate of drug-likeness (QED) is 0.269. The number of carbonyl (C=O) groups excluding carboxylic acids is 2. The van der Waals surface area contributed by atoms with Crippen LogP contribution in [0.2, 0.25) is 0 Å². The summed E-state index contributed by atoms with van der Waals surface area (Å²) in [5, 5.41) is 3.11. The SMILES string of the molecule is CC(C)Cn1c(N)c(C(=O)COC(=O)c2c3ccccc3cc3ccccc23)c(=O)n(C)c1=O. The highest BCUT2D eigenvalue weighted by molar-refractivity contribution is 6.17. The molecule has 0 fully saturated rings. The monoisotopic (exact) mass is 459 g/mol. The number of esters is 1. The molecule has 4 aromatic rings. The molecule has 3 aromatic carbocycles. The Hall–Kier alpha value is -4.20. The number of anilines is 1. The van der Waals surface area contributed by atoms with Crippen LogP contribution >= 0.6 is 0 Å². The number of hydrogen-bond donors (Lipinski definition) is 1. The summed E-state index contributed by atoms with van der Waals surface area (Å²) in [4.78, 5) is 51.3. The lowest BCUT2D eigenvalue weighted by Gasteiger charge is -2.16. The third-order valence-corrected chi connectivity index (χ3v) is 5.72. The van der Waals surface area contributed by atoms with Gasteiger partial charge in [0.2, 0.25) is 5.78 Å². The van der Waals surface area contributed by atoms with Gasteiger partial charge in [0.05, 0.1) is 5.56 Å². The maximum atomic E-state index is 13.2. The fraction of sp³-hybridized carbons (Fsp3) is 0.231. The van der Waals surface area contributed by atoms with Crippen molar-refractivity contribution in [2.75, 3.05) is 12.3 Å². The van der Waals surface area contributed by atoms with Gasteiger partial charge in [-0.2, -0.15) is 0 Å². The van der Waals surface area contributed by atoms with Crippen molar-refractivity contribution in [1.29, 1.82) is 0 Å². The summed E-state index contributed by atoms with van der Waals surface area (Å²) in [5.74, 6) is -1.63. The molecule has 34 heavy (non-hydrogen) atoms. The zero-order valence-corrected chi connectivity index (χ0v) is 19.2. The number of nitrogens with zero attached hydrogens (tertiary/aromatic N) is 2. The molecule has 0 atom stereocenters. The lowest BCUT2D eigenvalue weighted by atomic mass is 9.97. The average molecular weight is 460 g/mol. The first-order valence-electron chi connectivity index (χ1n) is 10.9. The van der Waals surface area contributed by atoms with Crippen molar-refractivity contribution in [3.8, 4) is 0 Å². The molecule has 8 nitrogen and oxygen atoms in total. The zero-order valence-electron chi connectivity index (χ0n) is 19.2. The lowest BCUT2D eigenvalue weighted by molar-refractivity contribution is 0.0478. The Bertz CT molecular complexity index is 1510. The maximum Gasteiger partial charge on any atom is 0.339 e. The van der Waals surface area contributed by atoms with Crippen molar-refractivity contribution >= 4 is 39.1 Å². The van der Waals surface area contributed by atoms with Gasteiger partial charge in [-0.05, 0) is 33.5 Å². The molecule has 1 heterocycles. The first-order valence-corrected chi connectivity index (χ1v) is 10.9. The highest BCUT2D eigenvalue weighted by atomic mass is 16.5. The first-order chi connectivity index (χ1) is 16.2. The molecule has 0 radical (unpaired) electrons. The minimum absolute atomic E-state index is 0.0536. The van der Waals surface area contributed by atoms with Crippen LogP contribution in [0.25, 0.3) is 21.5 Å². The van der Waals surface area contributed by atoms with Gasteiger partial charge in [0.25, 0.3) is 5.56 Å². The van der Waals surface area contributed by atoms with E-state index >= 15 is 0 Å². The van der Waals surface area contributed by atoms with Gasteiger partial charge in [-0.15, -0.1) is 0 Å². The van der Waals surface area contributed by atoms with E-state index in [4.69, 9.17) is 10.5 Å². The predicted octanol–water partition coefficient (Wildman–Crippen LogP) is 3.13. The van der Waals surface area contributed by atoms with Crippen LogP contribution in [0.5, 0.6) is 0 Å². The molecule has 0 aliphatic rings. The number of nitrogens with two attached hydrogens (primary N) is 1. The van der Waals surface area contributed by atoms with Crippen molar-refractivity contribution in [3.63, 3.8) is 0 Å². The molecule has 8 heteroatoms. The Morgan fingerprint density at radius 1 is 0.941 bits per heavy atom. The van der Waals surface area contributed by atoms with E-state index in [1.807, 2.05) is 68.4 Å². The van der Waals surface area contributed by atoms with Gasteiger partial charge in [-0.25, -0.2) is 9.59 Å². The summed E-state index contributed by atoms with van der Waals surface area (Å²) in [6.07, 6.45) is 0. The van der Waals surface area contributed by atoms with Gasteiger partial charge in [0.15, 0.2) is 6.61 Å². The Morgan fingerprint density at radius 3 is 2.06 bits per heavy atom. The Balaban J connectivity index is 1.71. The molecular weight excluding hydrogens is 434 g/mol. The zero-order chi connectivity index (χ0) is 24.6. The molecule has 0 aliphatic carbocycles. The topological polar surface area (TPSA) is 113 Å². The Kier molecular flexibility index (Phi) is 6.06. The molecule has 0 unspecified atom stereocenters. The van der Waals surface area contributed by atoms with Gasteiger partial charge in [-0.1, -0.05) is 62.4 Å². The Morgan fingerprint density at radius 2 is 1.50 bits per heavy atom. The molecule has 174 valence electrons. The van der Waals surface area contributed by atoms with Crippen LogP contribution in [0.1, 0.15) is 34.6 Å². The van der Waals surface area contributed by atoms with Crippen molar-refractivity contribution in [2.24, 2.45) is 13.0 Å². The molecule has 0 aliphatic heterocycles. The maximum absolute atomic E-state index is 13.2. The number of fused-ring (bicyclic) bond motifs is 2. The number of hydrogen-bond acceptors (Lipinski definition) is 6. The number of ketones is 1. The van der Waals surface area contributed by atoms with E-state index < -0.39 is 29.6 Å². The largest absolute Gasteiger partial charge is 0.454 e. The highest BCUT2D eigenvalue weighted by Gasteiger charge is 2.24. The number of aromatic nitrogens is 2. The summed E-state index contributed by atoms with van der Waals surface area (Å²) in [6, 6.07) is 16.8. The van der Waals surface area contributed by atoms with Crippen LogP contribution in [-0.2, 0) is 18.3 Å². The fourth-order valence-electron chi connectivity index (χ4n) is 4.10. The molecule has 0 saturated carbocycles. The lowest BCUT2D eigenvalue weighted by Crippen LogP contribution is -2.43. The van der Waals surface area contributed by atoms with Crippen molar-refractivity contribution in [3.05, 3.63) is 86.6 Å². The van der Waals surface area contributed by atoms with E-state index in [-0.39, 0.29) is 23.8 Å². The first kappa shape index (κ1) is 23.0. The average Bonchev–Trinajstić information content (AvgIpc) is 2.82. The van der Waals surface area contributed by atoms with Gasteiger partial charge in [0.1, 0.15) is 11.4 Å². The van der Waals surface area contributed by atoms with Crippen molar-refractivity contribution in [1.82, 2.24) is 9.13 Å². The molecular formula is C26H25N3O5. The van der Waals surface area contributed by atoms with Crippen molar-refractivity contribution in [2.45, 2.75) is 20.4 Å². The van der Waals surface area contributed by atoms with Gasteiger partial charge in [-0.3, -0.25) is 18.7 Å². The molecule has 0 amide bonds. The smallest absolute Gasteiger partial charge is 0.339 e. The number of benzene rings is 3. The van der Waals surface area contributed by atoms with Gasteiger partial charge < -0.3 is 10.5 Å². The third-order valence-electron chi connectivity index (χ3n) is 5.72. The summed E-state index contributed by atoms with van der Waals surface area (Å²) < 4.78 is 7.42. The Labute approximate surface area is 195 Å². The van der Waals surface area contributed by atoms with E-state index in [1.54, 1.807) is 0 Å². The summed E-state index contributed by atoms with van der Waals surface area (Å²) in [7, 11) is 1.28. The number of rotatable bonds is 6. The standard InChI is InChI=1S/C26H25N3O5/c1-15(2)13-29-23(27)22(24(31)28(3)26(29)33)20(30)14-34-25(32)21-18-10-6-4-8-16(18)12-17-9-5-7-11-19(17)21/h4-12,15H,13-14,27H2,1-3H3. The van der Waals surface area contributed by atoms with Crippen LogP contribution in [0.3, 0.4) is 0 Å². The minimum Gasteiger partial charge on any atom is -0.454 e. The number of Topliss-reactive ketones (excluding diaryl/α,β-unsaturated/α-hetero) is 1. The summed E-state index contributed by atoms with van der Waals surface area (Å²) in [6.45, 7) is 3.32.